The molecule has 2 aromatic carbocycles. The van der Waals surface area contributed by atoms with Crippen LogP contribution in [0, 0.1) is 10.1 Å². The van der Waals surface area contributed by atoms with Gasteiger partial charge < -0.3 is 10.2 Å². The van der Waals surface area contributed by atoms with Crippen molar-refractivity contribution in [3.8, 4) is 0 Å². The van der Waals surface area contributed by atoms with Crippen molar-refractivity contribution in [2.75, 3.05) is 10.2 Å². The average Bonchev–Trinajstić information content (AvgIpc) is 2.83. The van der Waals surface area contributed by atoms with Crippen molar-refractivity contribution in [1.29, 1.82) is 0 Å². The molecule has 0 aromatic heterocycles. The van der Waals surface area contributed by atoms with Gasteiger partial charge in [-0.25, -0.2) is 0 Å². The van der Waals surface area contributed by atoms with E-state index in [0.717, 1.165) is 12.1 Å². The number of nitrogens with zero attached hydrogens (tertiary/aromatic N) is 2. The summed E-state index contributed by atoms with van der Waals surface area (Å²) in [5, 5.41) is 14.6. The van der Waals surface area contributed by atoms with Gasteiger partial charge in [-0.3, -0.25) is 10.1 Å². The van der Waals surface area contributed by atoms with Gasteiger partial charge in [0.05, 0.1) is 4.92 Å². The number of hydrogen-bond donors (Lipinski definition) is 1. The second kappa shape index (κ2) is 5.73. The van der Waals surface area contributed by atoms with E-state index in [0.29, 0.717) is 10.8 Å². The number of nitrogens with one attached hydrogen (secondary N) is 1. The van der Waals surface area contributed by atoms with E-state index in [1.165, 1.54) is 11.6 Å². The van der Waals surface area contributed by atoms with E-state index in [1.807, 2.05) is 23.1 Å². The Kier molecular flexibility index (Phi) is 3.77. The Morgan fingerprint density at radius 2 is 1.95 bits per heavy atom. The Hall–Kier alpha value is -2.47. The molecule has 1 aliphatic rings. The first-order valence-electron chi connectivity index (χ1n) is 6.99. The molecule has 0 aliphatic carbocycles. The first-order valence-corrected chi connectivity index (χ1v) is 7.40. The summed E-state index contributed by atoms with van der Waals surface area (Å²) < 4.78 is 0. The molecule has 1 unspecified atom stereocenters. The molecule has 6 heteroatoms. The molecule has 0 fully saturated rings. The van der Waals surface area contributed by atoms with Gasteiger partial charge in [0.25, 0.3) is 5.69 Å². The fraction of sp³-hybridized carbons (Fsp3) is 0.188. The summed E-state index contributed by atoms with van der Waals surface area (Å²) >= 11 is 5.49. The number of fused-ring (bicyclic) bond motifs is 1. The minimum atomic E-state index is -0.410. The third-order valence-corrected chi connectivity index (χ3v) is 4.07. The highest BCUT2D eigenvalue weighted by Crippen LogP contribution is 2.33. The van der Waals surface area contributed by atoms with Crippen LogP contribution in [-0.4, -0.2) is 16.1 Å². The lowest BCUT2D eigenvalue weighted by Gasteiger charge is -2.26. The van der Waals surface area contributed by atoms with Gasteiger partial charge in [0.15, 0.2) is 5.11 Å². The predicted octanol–water partition coefficient (Wildman–Crippen LogP) is 3.74. The number of rotatable bonds is 2. The van der Waals surface area contributed by atoms with Crippen LogP contribution in [0.3, 0.4) is 0 Å². The topological polar surface area (TPSA) is 58.4 Å². The Bertz CT molecular complexity index is 748. The van der Waals surface area contributed by atoms with Gasteiger partial charge in [-0.1, -0.05) is 30.3 Å². The van der Waals surface area contributed by atoms with Crippen LogP contribution in [0.4, 0.5) is 17.1 Å². The van der Waals surface area contributed by atoms with E-state index in [-0.39, 0.29) is 11.7 Å². The van der Waals surface area contributed by atoms with Gasteiger partial charge in [0.1, 0.15) is 5.69 Å². The maximum Gasteiger partial charge on any atom is 0.292 e. The summed E-state index contributed by atoms with van der Waals surface area (Å²) in [4.78, 5) is 12.7. The highest BCUT2D eigenvalue weighted by molar-refractivity contribution is 7.80. The minimum Gasteiger partial charge on any atom is -0.327 e. The van der Waals surface area contributed by atoms with Gasteiger partial charge >= 0.3 is 0 Å². The van der Waals surface area contributed by atoms with Gasteiger partial charge in [-0.2, -0.15) is 0 Å². The molecule has 0 amide bonds. The van der Waals surface area contributed by atoms with E-state index in [2.05, 4.69) is 18.3 Å². The molecule has 0 saturated carbocycles. The summed E-state index contributed by atoms with van der Waals surface area (Å²) in [6.07, 6.45) is 0.912. The zero-order valence-electron chi connectivity index (χ0n) is 12.0. The number of para-hydroxylation sites is 3. The maximum absolute atomic E-state index is 11.1. The molecule has 0 saturated heterocycles. The molecule has 1 N–H and O–H groups in total. The summed E-state index contributed by atoms with van der Waals surface area (Å²) in [5.41, 5.74) is 2.73. The van der Waals surface area contributed by atoms with Crippen LogP contribution in [0.1, 0.15) is 12.5 Å². The van der Waals surface area contributed by atoms with E-state index >= 15 is 0 Å². The molecular formula is C16H15N3O2S. The molecule has 1 heterocycles. The third kappa shape index (κ3) is 2.53. The molecule has 1 atom stereocenters. The van der Waals surface area contributed by atoms with Gasteiger partial charge in [0, 0.05) is 17.8 Å². The zero-order chi connectivity index (χ0) is 15.7. The van der Waals surface area contributed by atoms with Gasteiger partial charge in [0.2, 0.25) is 0 Å². The van der Waals surface area contributed by atoms with Gasteiger partial charge in [-0.15, -0.1) is 0 Å². The normalized spacial score (nSPS) is 16.2. The van der Waals surface area contributed by atoms with Crippen molar-refractivity contribution in [3.63, 3.8) is 0 Å². The molecule has 5 nitrogen and oxygen atoms in total. The molecular weight excluding hydrogens is 298 g/mol. The average molecular weight is 313 g/mol. The van der Waals surface area contributed by atoms with Crippen LogP contribution in [0.5, 0.6) is 0 Å². The lowest BCUT2D eigenvalue weighted by molar-refractivity contribution is -0.383. The van der Waals surface area contributed by atoms with E-state index in [9.17, 15) is 10.1 Å². The predicted molar refractivity (Wildman–Crippen MR) is 91.4 cm³/mol. The smallest absolute Gasteiger partial charge is 0.292 e. The highest BCUT2D eigenvalue weighted by atomic mass is 32.1. The van der Waals surface area contributed by atoms with Crippen molar-refractivity contribution in [3.05, 3.63) is 64.2 Å². The standard InChI is InChI=1S/C16H15N3O2S/c1-11-10-12-6-2-4-8-14(12)18(11)16(22)17-13-7-3-5-9-15(13)19(20)21/h2-9,11H,10H2,1H3,(H,17,22). The first-order chi connectivity index (χ1) is 10.6. The fourth-order valence-corrected chi connectivity index (χ4v) is 3.18. The number of nitro benzene ring substituents is 1. The molecule has 0 bridgehead atoms. The minimum absolute atomic E-state index is 0.0185. The van der Waals surface area contributed by atoms with Crippen molar-refractivity contribution in [2.24, 2.45) is 0 Å². The quantitative estimate of drug-likeness (QED) is 0.520. The van der Waals surface area contributed by atoms with Crippen LogP contribution in [0.25, 0.3) is 0 Å². The van der Waals surface area contributed by atoms with E-state index in [4.69, 9.17) is 12.2 Å². The molecule has 0 radical (unpaired) electrons. The number of thiocarbonyl (C=S) groups is 1. The Balaban J connectivity index is 1.89. The first kappa shape index (κ1) is 14.5. The summed E-state index contributed by atoms with van der Waals surface area (Å²) in [5.74, 6) is 0. The van der Waals surface area contributed by atoms with Gasteiger partial charge in [-0.05, 0) is 43.3 Å². The zero-order valence-corrected chi connectivity index (χ0v) is 12.8. The fourth-order valence-electron chi connectivity index (χ4n) is 2.79. The largest absolute Gasteiger partial charge is 0.327 e. The maximum atomic E-state index is 11.1. The summed E-state index contributed by atoms with van der Waals surface area (Å²) in [6, 6.07) is 14.8. The van der Waals surface area contributed by atoms with Crippen LogP contribution in [-0.2, 0) is 6.42 Å². The number of benzene rings is 2. The number of nitro groups is 1. The van der Waals surface area contributed by atoms with Crippen LogP contribution >= 0.6 is 12.2 Å². The molecule has 22 heavy (non-hydrogen) atoms. The molecule has 112 valence electrons. The van der Waals surface area contributed by atoms with Crippen molar-refractivity contribution < 1.29 is 4.92 Å². The Morgan fingerprint density at radius 3 is 2.73 bits per heavy atom. The summed E-state index contributed by atoms with van der Waals surface area (Å²) in [7, 11) is 0. The summed E-state index contributed by atoms with van der Waals surface area (Å²) in [6.45, 7) is 2.09. The van der Waals surface area contributed by atoms with E-state index < -0.39 is 4.92 Å². The number of anilines is 2. The molecule has 3 rings (SSSR count). The molecule has 0 spiro atoms. The second-order valence-electron chi connectivity index (χ2n) is 5.26. The lowest BCUT2D eigenvalue weighted by atomic mass is 10.1. The van der Waals surface area contributed by atoms with Crippen LogP contribution < -0.4 is 10.2 Å². The Morgan fingerprint density at radius 1 is 1.27 bits per heavy atom. The highest BCUT2D eigenvalue weighted by Gasteiger charge is 2.29. The van der Waals surface area contributed by atoms with Crippen molar-refractivity contribution in [1.82, 2.24) is 0 Å². The van der Waals surface area contributed by atoms with Crippen molar-refractivity contribution >= 4 is 34.4 Å². The molecule has 2 aromatic rings. The third-order valence-electron chi connectivity index (χ3n) is 3.77. The number of hydrogen-bond acceptors (Lipinski definition) is 3. The monoisotopic (exact) mass is 313 g/mol. The second-order valence-corrected chi connectivity index (χ2v) is 5.64. The lowest BCUT2D eigenvalue weighted by Crippen LogP contribution is -2.38. The van der Waals surface area contributed by atoms with E-state index in [1.54, 1.807) is 18.2 Å². The SMILES string of the molecule is CC1Cc2ccccc2N1C(=S)Nc1ccccc1[N+](=O)[O-]. The van der Waals surface area contributed by atoms with Crippen molar-refractivity contribution in [2.45, 2.75) is 19.4 Å². The Labute approximate surface area is 133 Å². The van der Waals surface area contributed by atoms with Crippen LogP contribution in [0.2, 0.25) is 0 Å². The molecule has 1 aliphatic heterocycles. The van der Waals surface area contributed by atoms with Crippen LogP contribution in [0.15, 0.2) is 48.5 Å².